The number of rotatable bonds is 8. The predicted molar refractivity (Wildman–Crippen MR) is 126 cm³/mol. The van der Waals surface area contributed by atoms with Gasteiger partial charge in [0, 0.05) is 38.5 Å². The van der Waals surface area contributed by atoms with Gasteiger partial charge in [-0.25, -0.2) is 8.42 Å². The minimum Gasteiger partial charge on any atom is -0.319 e. The first-order chi connectivity index (χ1) is 15.8. The fourth-order valence-electron chi connectivity index (χ4n) is 3.45. The standard InChI is InChI=1S/C23H23N5O3S2/c1-3-17-7-4-8-20-21(17)27(2)23(32-20)26-22(29)18-9-11-19(12-10-18)33(30,31)28(15-5-13-24)16-6-14-25/h4,7-12H,3,5-6,15-16H2,1-2H3. The first-order valence-corrected chi connectivity index (χ1v) is 12.6. The molecule has 2 aromatic carbocycles. The number of hydrogen-bond donors (Lipinski definition) is 0. The molecule has 0 radical (unpaired) electrons. The number of aromatic nitrogens is 1. The maximum Gasteiger partial charge on any atom is 0.279 e. The molecule has 0 fully saturated rings. The number of thiazole rings is 1. The lowest BCUT2D eigenvalue weighted by atomic mass is 10.1. The van der Waals surface area contributed by atoms with Gasteiger partial charge in [0.2, 0.25) is 10.0 Å². The van der Waals surface area contributed by atoms with Crippen LogP contribution in [-0.4, -0.2) is 36.3 Å². The zero-order valence-electron chi connectivity index (χ0n) is 18.4. The molecule has 0 N–H and O–H groups in total. The number of sulfonamides is 1. The van der Waals surface area contributed by atoms with E-state index >= 15 is 0 Å². The van der Waals surface area contributed by atoms with Crippen molar-refractivity contribution in [3.05, 3.63) is 58.4 Å². The Kier molecular flexibility index (Phi) is 7.77. The normalized spacial score (nSPS) is 12.1. The molecule has 1 amide bonds. The molecule has 0 bridgehead atoms. The van der Waals surface area contributed by atoms with Crippen molar-refractivity contribution in [2.75, 3.05) is 13.1 Å². The quantitative estimate of drug-likeness (QED) is 0.489. The molecular weight excluding hydrogens is 458 g/mol. The van der Waals surface area contributed by atoms with Crippen molar-refractivity contribution in [3.63, 3.8) is 0 Å². The molecule has 0 unspecified atom stereocenters. The summed E-state index contributed by atoms with van der Waals surface area (Å²) in [5, 5.41) is 17.6. The molecule has 0 aliphatic heterocycles. The molecule has 0 atom stereocenters. The monoisotopic (exact) mass is 481 g/mol. The Bertz CT molecular complexity index is 1400. The van der Waals surface area contributed by atoms with Crippen molar-refractivity contribution in [1.82, 2.24) is 8.87 Å². The number of aryl methyl sites for hydroxylation is 2. The summed E-state index contributed by atoms with van der Waals surface area (Å²) >= 11 is 1.42. The van der Waals surface area contributed by atoms with Crippen LogP contribution in [-0.2, 0) is 23.5 Å². The van der Waals surface area contributed by atoms with Crippen molar-refractivity contribution in [3.8, 4) is 12.1 Å². The van der Waals surface area contributed by atoms with Crippen molar-refractivity contribution in [1.29, 1.82) is 10.5 Å². The molecule has 3 rings (SSSR count). The van der Waals surface area contributed by atoms with E-state index in [0.717, 1.165) is 20.9 Å². The Hall–Kier alpha value is -3.31. The average Bonchev–Trinajstić information content (AvgIpc) is 3.14. The number of carbonyl (C=O) groups excluding carboxylic acids is 1. The first kappa shape index (κ1) is 24.3. The second kappa shape index (κ2) is 10.5. The van der Waals surface area contributed by atoms with E-state index < -0.39 is 15.9 Å². The van der Waals surface area contributed by atoms with Gasteiger partial charge in [0.25, 0.3) is 5.91 Å². The van der Waals surface area contributed by atoms with Gasteiger partial charge in [-0.1, -0.05) is 30.4 Å². The van der Waals surface area contributed by atoms with Crippen molar-refractivity contribution in [2.45, 2.75) is 31.1 Å². The van der Waals surface area contributed by atoms with Gasteiger partial charge in [-0.05, 0) is 42.3 Å². The summed E-state index contributed by atoms with van der Waals surface area (Å²) in [5.41, 5.74) is 2.49. The number of fused-ring (bicyclic) bond motifs is 1. The summed E-state index contributed by atoms with van der Waals surface area (Å²) in [6.45, 7) is 2.07. The molecule has 1 aromatic heterocycles. The summed E-state index contributed by atoms with van der Waals surface area (Å²) < 4.78 is 29.9. The molecule has 0 saturated carbocycles. The van der Waals surface area contributed by atoms with Gasteiger partial charge >= 0.3 is 0 Å². The second-order valence-electron chi connectivity index (χ2n) is 7.22. The summed E-state index contributed by atoms with van der Waals surface area (Å²) in [7, 11) is -2.02. The molecule has 170 valence electrons. The van der Waals surface area contributed by atoms with Gasteiger partial charge in [0.1, 0.15) is 0 Å². The van der Waals surface area contributed by atoms with Crippen molar-refractivity contribution >= 4 is 37.5 Å². The summed E-state index contributed by atoms with van der Waals surface area (Å²) in [4.78, 5) is 17.6. The zero-order valence-corrected chi connectivity index (χ0v) is 20.0. The summed E-state index contributed by atoms with van der Waals surface area (Å²) in [6.07, 6.45) is 0.906. The van der Waals surface area contributed by atoms with Gasteiger partial charge in [-0.2, -0.15) is 19.8 Å². The molecule has 8 nitrogen and oxygen atoms in total. The maximum atomic E-state index is 12.9. The molecular formula is C23H23N5O3S2. The lowest BCUT2D eigenvalue weighted by Crippen LogP contribution is -2.32. The minimum absolute atomic E-state index is 0.00128. The van der Waals surface area contributed by atoms with Crippen LogP contribution in [0.15, 0.2) is 52.4 Å². The number of carbonyl (C=O) groups is 1. The van der Waals surface area contributed by atoms with Crippen LogP contribution in [0.5, 0.6) is 0 Å². The Labute approximate surface area is 196 Å². The van der Waals surface area contributed by atoms with E-state index in [2.05, 4.69) is 18.0 Å². The number of nitriles is 2. The van der Waals surface area contributed by atoms with Crippen LogP contribution in [0.1, 0.15) is 35.7 Å². The Morgan fingerprint density at radius 1 is 1.09 bits per heavy atom. The number of amides is 1. The summed E-state index contributed by atoms with van der Waals surface area (Å²) in [6, 6.07) is 15.4. The molecule has 0 spiro atoms. The van der Waals surface area contributed by atoms with Crippen molar-refractivity contribution < 1.29 is 13.2 Å². The van der Waals surface area contributed by atoms with Gasteiger partial charge in [0.15, 0.2) is 4.80 Å². The second-order valence-corrected chi connectivity index (χ2v) is 10.2. The smallest absolute Gasteiger partial charge is 0.279 e. The summed E-state index contributed by atoms with van der Waals surface area (Å²) in [5.74, 6) is -0.468. The average molecular weight is 482 g/mol. The van der Waals surface area contributed by atoms with E-state index in [1.807, 2.05) is 35.9 Å². The van der Waals surface area contributed by atoms with Crippen molar-refractivity contribution in [2.24, 2.45) is 12.0 Å². The zero-order chi connectivity index (χ0) is 24.0. The third-order valence-corrected chi connectivity index (χ3v) is 8.18. The highest BCUT2D eigenvalue weighted by Gasteiger charge is 2.24. The van der Waals surface area contributed by atoms with Gasteiger partial charge in [0.05, 0.1) is 27.3 Å². The van der Waals surface area contributed by atoms with E-state index in [-0.39, 0.29) is 36.4 Å². The van der Waals surface area contributed by atoms with Gasteiger partial charge in [-0.3, -0.25) is 4.79 Å². The topological polar surface area (TPSA) is 119 Å². The third kappa shape index (κ3) is 5.20. The van der Waals surface area contributed by atoms with E-state index in [1.54, 1.807) is 0 Å². The Balaban J connectivity index is 1.90. The highest BCUT2D eigenvalue weighted by molar-refractivity contribution is 7.89. The largest absolute Gasteiger partial charge is 0.319 e. The number of hydrogen-bond acceptors (Lipinski definition) is 6. The van der Waals surface area contributed by atoms with Crippen LogP contribution in [0.3, 0.4) is 0 Å². The van der Waals surface area contributed by atoms with E-state index in [0.29, 0.717) is 4.80 Å². The van der Waals surface area contributed by atoms with E-state index in [4.69, 9.17) is 10.5 Å². The van der Waals surface area contributed by atoms with Gasteiger partial charge < -0.3 is 4.57 Å². The molecule has 33 heavy (non-hydrogen) atoms. The van der Waals surface area contributed by atoms with Crippen LogP contribution in [0.4, 0.5) is 0 Å². The highest BCUT2D eigenvalue weighted by Crippen LogP contribution is 2.21. The van der Waals surface area contributed by atoms with E-state index in [9.17, 15) is 13.2 Å². The minimum atomic E-state index is -3.89. The van der Waals surface area contributed by atoms with Crippen LogP contribution < -0.4 is 4.80 Å². The fourth-order valence-corrected chi connectivity index (χ4v) is 5.95. The number of para-hydroxylation sites is 1. The Morgan fingerprint density at radius 3 is 2.30 bits per heavy atom. The molecule has 0 saturated heterocycles. The molecule has 0 aliphatic carbocycles. The molecule has 1 heterocycles. The lowest BCUT2D eigenvalue weighted by Gasteiger charge is -2.20. The SMILES string of the molecule is CCc1cccc2sc(=NC(=O)c3ccc(S(=O)(=O)N(CCC#N)CCC#N)cc3)n(C)c12. The molecule has 10 heteroatoms. The molecule has 0 aliphatic rings. The third-order valence-electron chi connectivity index (χ3n) is 5.17. The number of benzene rings is 2. The van der Waals surface area contributed by atoms with E-state index in [1.165, 1.54) is 41.2 Å². The van der Waals surface area contributed by atoms with Crippen LogP contribution in [0.2, 0.25) is 0 Å². The van der Waals surface area contributed by atoms with Crippen LogP contribution in [0.25, 0.3) is 10.2 Å². The number of nitrogens with zero attached hydrogens (tertiary/aromatic N) is 5. The van der Waals surface area contributed by atoms with Crippen LogP contribution >= 0.6 is 11.3 Å². The Morgan fingerprint density at radius 2 is 1.73 bits per heavy atom. The lowest BCUT2D eigenvalue weighted by molar-refractivity contribution is 0.0998. The van der Waals surface area contributed by atoms with Gasteiger partial charge in [-0.15, -0.1) is 0 Å². The first-order valence-electron chi connectivity index (χ1n) is 10.3. The fraction of sp³-hybridized carbons (Fsp3) is 0.304. The maximum absolute atomic E-state index is 12.9. The highest BCUT2D eigenvalue weighted by atomic mass is 32.2. The molecule has 3 aromatic rings. The predicted octanol–water partition coefficient (Wildman–Crippen LogP) is 3.36. The van der Waals surface area contributed by atoms with Crippen LogP contribution in [0, 0.1) is 22.7 Å².